The van der Waals surface area contributed by atoms with Crippen molar-refractivity contribution in [3.63, 3.8) is 0 Å². The molecule has 1 N–H and O–H groups in total. The summed E-state index contributed by atoms with van der Waals surface area (Å²) in [7, 11) is -3.96. The van der Waals surface area contributed by atoms with Gasteiger partial charge in [-0.25, -0.2) is 8.42 Å². The van der Waals surface area contributed by atoms with Crippen molar-refractivity contribution in [3.8, 4) is 0 Å². The molecule has 2 amide bonds. The first-order valence-electron chi connectivity index (χ1n) is 12.0. The SMILES string of the molecule is Cc1ccc(N(CC(=O)NCc2ccccc2CN2CCCC2=O)S(=O)(=O)c2ccc(C)cc2)cc1. The van der Waals surface area contributed by atoms with Crippen LogP contribution in [0.4, 0.5) is 5.69 Å². The van der Waals surface area contributed by atoms with Gasteiger partial charge >= 0.3 is 0 Å². The molecule has 188 valence electrons. The number of anilines is 1. The summed E-state index contributed by atoms with van der Waals surface area (Å²) in [6, 6.07) is 21.3. The highest BCUT2D eigenvalue weighted by molar-refractivity contribution is 7.92. The number of likely N-dealkylation sites (tertiary alicyclic amines) is 1. The van der Waals surface area contributed by atoms with Gasteiger partial charge in [0.15, 0.2) is 0 Å². The third-order valence-electron chi connectivity index (χ3n) is 6.35. The van der Waals surface area contributed by atoms with E-state index in [1.807, 2.05) is 55.1 Å². The zero-order valence-electron chi connectivity index (χ0n) is 20.6. The smallest absolute Gasteiger partial charge is 0.264 e. The fourth-order valence-electron chi connectivity index (χ4n) is 4.20. The van der Waals surface area contributed by atoms with E-state index in [2.05, 4.69) is 5.32 Å². The molecule has 1 saturated heterocycles. The lowest BCUT2D eigenvalue weighted by Gasteiger charge is -2.24. The molecule has 1 aliphatic heterocycles. The van der Waals surface area contributed by atoms with E-state index in [4.69, 9.17) is 0 Å². The van der Waals surface area contributed by atoms with Crippen molar-refractivity contribution in [3.05, 3.63) is 95.1 Å². The molecule has 1 fully saturated rings. The lowest BCUT2D eigenvalue weighted by Crippen LogP contribution is -2.40. The highest BCUT2D eigenvalue weighted by Crippen LogP contribution is 2.24. The van der Waals surface area contributed by atoms with Crippen molar-refractivity contribution in [2.45, 2.75) is 44.7 Å². The van der Waals surface area contributed by atoms with E-state index in [-0.39, 0.29) is 23.9 Å². The van der Waals surface area contributed by atoms with Crippen LogP contribution in [0.5, 0.6) is 0 Å². The summed E-state index contributed by atoms with van der Waals surface area (Å²) in [5.41, 5.74) is 4.22. The molecule has 0 aromatic heterocycles. The quantitative estimate of drug-likeness (QED) is 0.477. The molecule has 0 saturated carbocycles. The van der Waals surface area contributed by atoms with Crippen molar-refractivity contribution in [2.75, 3.05) is 17.4 Å². The molecule has 3 aromatic carbocycles. The Labute approximate surface area is 212 Å². The molecule has 0 unspecified atom stereocenters. The van der Waals surface area contributed by atoms with E-state index in [0.29, 0.717) is 18.7 Å². The molecule has 4 rings (SSSR count). The number of rotatable bonds is 9. The predicted molar refractivity (Wildman–Crippen MR) is 140 cm³/mol. The number of nitrogens with zero attached hydrogens (tertiary/aromatic N) is 2. The van der Waals surface area contributed by atoms with Crippen molar-refractivity contribution in [2.24, 2.45) is 0 Å². The summed E-state index contributed by atoms with van der Waals surface area (Å²) in [5.74, 6) is -0.276. The molecular weight excluding hydrogens is 474 g/mol. The molecule has 8 heteroatoms. The number of sulfonamides is 1. The Balaban J connectivity index is 1.51. The zero-order chi connectivity index (χ0) is 25.7. The van der Waals surface area contributed by atoms with Gasteiger partial charge in [0.2, 0.25) is 11.8 Å². The molecule has 1 heterocycles. The summed E-state index contributed by atoms with van der Waals surface area (Å²) < 4.78 is 28.2. The number of hydrogen-bond acceptors (Lipinski definition) is 4. The number of aryl methyl sites for hydroxylation is 2. The maximum atomic E-state index is 13.5. The van der Waals surface area contributed by atoms with E-state index >= 15 is 0 Å². The van der Waals surface area contributed by atoms with Crippen LogP contribution in [0.2, 0.25) is 0 Å². The van der Waals surface area contributed by atoms with Crippen LogP contribution in [0.3, 0.4) is 0 Å². The van der Waals surface area contributed by atoms with Gasteiger partial charge in [0.1, 0.15) is 6.54 Å². The van der Waals surface area contributed by atoms with E-state index < -0.39 is 15.9 Å². The molecule has 0 atom stereocenters. The van der Waals surface area contributed by atoms with Gasteiger partial charge in [0.25, 0.3) is 10.0 Å². The second-order valence-electron chi connectivity index (χ2n) is 9.12. The third-order valence-corrected chi connectivity index (χ3v) is 8.13. The Bertz CT molecular complexity index is 1340. The zero-order valence-corrected chi connectivity index (χ0v) is 21.4. The van der Waals surface area contributed by atoms with Gasteiger partial charge in [-0.2, -0.15) is 0 Å². The van der Waals surface area contributed by atoms with E-state index in [9.17, 15) is 18.0 Å². The maximum absolute atomic E-state index is 13.5. The highest BCUT2D eigenvalue weighted by Gasteiger charge is 2.27. The average molecular weight is 506 g/mol. The van der Waals surface area contributed by atoms with Crippen LogP contribution in [0.15, 0.2) is 77.7 Å². The van der Waals surface area contributed by atoms with Crippen LogP contribution in [0.1, 0.15) is 35.1 Å². The number of benzene rings is 3. The molecule has 0 aliphatic carbocycles. The Morgan fingerprint density at radius 3 is 2.14 bits per heavy atom. The van der Waals surface area contributed by atoms with Gasteiger partial charge in [0.05, 0.1) is 10.6 Å². The first kappa shape index (κ1) is 25.4. The van der Waals surface area contributed by atoms with Gasteiger partial charge in [0, 0.05) is 26.1 Å². The molecule has 36 heavy (non-hydrogen) atoms. The van der Waals surface area contributed by atoms with Crippen molar-refractivity contribution in [1.29, 1.82) is 0 Å². The molecule has 1 aliphatic rings. The van der Waals surface area contributed by atoms with Gasteiger partial charge in [-0.1, -0.05) is 59.7 Å². The molecule has 7 nitrogen and oxygen atoms in total. The Hall–Kier alpha value is -3.65. The highest BCUT2D eigenvalue weighted by atomic mass is 32.2. The topological polar surface area (TPSA) is 86.8 Å². The number of nitrogens with one attached hydrogen (secondary N) is 1. The van der Waals surface area contributed by atoms with Crippen LogP contribution < -0.4 is 9.62 Å². The lowest BCUT2D eigenvalue weighted by molar-refractivity contribution is -0.128. The molecule has 0 bridgehead atoms. The Morgan fingerprint density at radius 1 is 0.917 bits per heavy atom. The maximum Gasteiger partial charge on any atom is 0.264 e. The minimum absolute atomic E-state index is 0.127. The van der Waals surface area contributed by atoms with Crippen LogP contribution in [-0.4, -0.2) is 38.2 Å². The van der Waals surface area contributed by atoms with Gasteiger partial charge in [-0.05, 0) is 55.7 Å². The Kier molecular flexibility index (Phi) is 7.74. The summed E-state index contributed by atoms with van der Waals surface area (Å²) in [5, 5.41) is 2.87. The predicted octanol–water partition coefficient (Wildman–Crippen LogP) is 3.94. The summed E-state index contributed by atoms with van der Waals surface area (Å²) in [6.45, 7) is 4.93. The normalized spacial score (nSPS) is 13.6. The van der Waals surface area contributed by atoms with Gasteiger partial charge < -0.3 is 10.2 Å². The standard InChI is InChI=1S/C28H31N3O4S/c1-21-9-13-25(14-10-21)31(36(34,35)26-15-11-22(2)12-16-26)20-27(32)29-18-23-6-3-4-7-24(23)19-30-17-5-8-28(30)33/h3-4,6-7,9-16H,5,8,17-20H2,1-2H3,(H,29,32). The molecule has 0 spiro atoms. The lowest BCUT2D eigenvalue weighted by atomic mass is 10.1. The fraction of sp³-hybridized carbons (Fsp3) is 0.286. The van der Waals surface area contributed by atoms with E-state index in [1.54, 1.807) is 36.4 Å². The van der Waals surface area contributed by atoms with Crippen molar-refractivity contribution in [1.82, 2.24) is 10.2 Å². The van der Waals surface area contributed by atoms with E-state index in [0.717, 1.165) is 39.5 Å². The van der Waals surface area contributed by atoms with Crippen molar-refractivity contribution < 1.29 is 18.0 Å². The second-order valence-corrected chi connectivity index (χ2v) is 11.0. The van der Waals surface area contributed by atoms with Crippen LogP contribution >= 0.6 is 0 Å². The summed E-state index contributed by atoms with van der Waals surface area (Å²) in [4.78, 5) is 27.0. The van der Waals surface area contributed by atoms with Crippen molar-refractivity contribution >= 4 is 27.5 Å². The molecular formula is C28H31N3O4S. The van der Waals surface area contributed by atoms with Crippen LogP contribution in [0.25, 0.3) is 0 Å². The molecule has 0 radical (unpaired) electrons. The fourth-order valence-corrected chi connectivity index (χ4v) is 5.63. The minimum Gasteiger partial charge on any atom is -0.350 e. The number of carbonyl (C=O) groups excluding carboxylic acids is 2. The summed E-state index contributed by atoms with van der Waals surface area (Å²) >= 11 is 0. The second kappa shape index (κ2) is 11.0. The summed E-state index contributed by atoms with van der Waals surface area (Å²) in [6.07, 6.45) is 1.44. The third kappa shape index (κ3) is 5.94. The molecule has 3 aromatic rings. The average Bonchev–Trinajstić information content (AvgIpc) is 3.27. The van der Waals surface area contributed by atoms with Gasteiger partial charge in [-0.15, -0.1) is 0 Å². The minimum atomic E-state index is -3.96. The number of hydrogen-bond donors (Lipinski definition) is 1. The number of carbonyl (C=O) groups is 2. The largest absolute Gasteiger partial charge is 0.350 e. The number of amides is 2. The van der Waals surface area contributed by atoms with E-state index in [1.165, 1.54) is 0 Å². The van der Waals surface area contributed by atoms with Crippen LogP contribution in [-0.2, 0) is 32.7 Å². The van der Waals surface area contributed by atoms with Crippen LogP contribution in [0, 0.1) is 13.8 Å². The van der Waals surface area contributed by atoms with Gasteiger partial charge in [-0.3, -0.25) is 13.9 Å². The Morgan fingerprint density at radius 2 is 1.53 bits per heavy atom. The first-order chi connectivity index (χ1) is 17.2. The first-order valence-corrected chi connectivity index (χ1v) is 13.5. The monoisotopic (exact) mass is 505 g/mol.